The summed E-state index contributed by atoms with van der Waals surface area (Å²) in [6.45, 7) is 0. The third-order valence-electron chi connectivity index (χ3n) is 1.09. The highest BCUT2D eigenvalue weighted by Gasteiger charge is 2.23. The summed E-state index contributed by atoms with van der Waals surface area (Å²) in [6, 6.07) is 0. The van der Waals surface area contributed by atoms with E-state index in [2.05, 4.69) is 4.99 Å². The Balaban J connectivity index is 3.20. The van der Waals surface area contributed by atoms with Gasteiger partial charge in [0.1, 0.15) is 4.86 Å². The van der Waals surface area contributed by atoms with E-state index in [4.69, 9.17) is 0 Å². The average molecular weight is 179 g/mol. The zero-order chi connectivity index (χ0) is 8.43. The minimum Gasteiger partial charge on any atom is -0.231 e. The molecule has 0 aromatic heterocycles. The standard InChI is InChI=1S/C5H3F2NO2S/c6-4-3(11(9)10)1-2-8-5(4)7/h1-2,4H. The predicted molar refractivity (Wildman–Crippen MR) is 36.5 cm³/mol. The van der Waals surface area contributed by atoms with E-state index in [1.807, 2.05) is 0 Å². The molecule has 1 rings (SSSR count). The third kappa shape index (κ3) is 1.51. The number of hydrogen-bond donors (Lipinski definition) is 0. The summed E-state index contributed by atoms with van der Waals surface area (Å²) < 4.78 is 45.0. The summed E-state index contributed by atoms with van der Waals surface area (Å²) in [5, 5.41) is 0. The van der Waals surface area contributed by atoms with E-state index in [0.29, 0.717) is 0 Å². The van der Waals surface area contributed by atoms with Crippen molar-refractivity contribution in [3.05, 3.63) is 12.3 Å². The van der Waals surface area contributed by atoms with Crippen LogP contribution in [-0.4, -0.2) is 25.4 Å². The Morgan fingerprint density at radius 2 is 2.18 bits per heavy atom. The summed E-state index contributed by atoms with van der Waals surface area (Å²) in [6.07, 6.45) is -0.425. The van der Waals surface area contributed by atoms with Crippen LogP contribution in [0.4, 0.5) is 8.78 Å². The molecule has 0 bridgehead atoms. The van der Waals surface area contributed by atoms with Gasteiger partial charge in [-0.25, -0.2) is 9.38 Å². The lowest BCUT2D eigenvalue weighted by Gasteiger charge is -2.03. The molecule has 0 aromatic carbocycles. The fourth-order valence-electron chi connectivity index (χ4n) is 0.589. The van der Waals surface area contributed by atoms with Crippen LogP contribution in [0, 0.1) is 0 Å². The number of allylic oxidation sites excluding steroid dienone is 1. The molecular formula is C5H3F2NO2S. The van der Waals surface area contributed by atoms with Gasteiger partial charge in [0.05, 0.1) is 0 Å². The molecule has 0 amide bonds. The molecule has 1 heterocycles. The molecule has 0 radical (unpaired) electrons. The van der Waals surface area contributed by atoms with Crippen LogP contribution in [0.3, 0.4) is 0 Å². The molecule has 1 aliphatic rings. The van der Waals surface area contributed by atoms with Crippen molar-refractivity contribution in [2.24, 2.45) is 4.99 Å². The summed E-state index contributed by atoms with van der Waals surface area (Å²) in [7, 11) is -2.72. The maximum atomic E-state index is 12.5. The summed E-state index contributed by atoms with van der Waals surface area (Å²) in [5.74, 6) is -1.33. The normalized spacial score (nSPS) is 23.3. The van der Waals surface area contributed by atoms with Crippen LogP contribution in [0.1, 0.15) is 0 Å². The van der Waals surface area contributed by atoms with Crippen molar-refractivity contribution in [1.82, 2.24) is 0 Å². The number of halogens is 2. The minimum absolute atomic E-state index is 0.627. The molecule has 0 N–H and O–H groups in total. The van der Waals surface area contributed by atoms with Gasteiger partial charge in [-0.1, -0.05) is 0 Å². The van der Waals surface area contributed by atoms with Crippen LogP contribution in [0.5, 0.6) is 0 Å². The molecule has 60 valence electrons. The molecule has 1 unspecified atom stereocenters. The number of alkyl halides is 1. The lowest BCUT2D eigenvalue weighted by molar-refractivity contribution is 0.486. The lowest BCUT2D eigenvalue weighted by atomic mass is 10.2. The van der Waals surface area contributed by atoms with Crippen LogP contribution in [0.25, 0.3) is 0 Å². The van der Waals surface area contributed by atoms with Crippen LogP contribution >= 0.6 is 0 Å². The van der Waals surface area contributed by atoms with Gasteiger partial charge in [0.2, 0.25) is 22.4 Å². The number of rotatable bonds is 0. The van der Waals surface area contributed by atoms with Crippen molar-refractivity contribution >= 4 is 21.1 Å². The predicted octanol–water partition coefficient (Wildman–Crippen LogP) is 0.271. The number of nitrogens with zero attached hydrogens (tertiary/aromatic N) is 1. The Labute approximate surface area is 62.6 Å². The lowest BCUT2D eigenvalue weighted by Crippen LogP contribution is -2.23. The maximum Gasteiger partial charge on any atom is 0.229 e. The Hall–Kier alpha value is -1.04. The molecule has 0 saturated heterocycles. The molecular weight excluding hydrogens is 176 g/mol. The molecule has 11 heavy (non-hydrogen) atoms. The van der Waals surface area contributed by atoms with Crippen LogP contribution in [-0.2, 0) is 10.3 Å². The third-order valence-corrected chi connectivity index (χ3v) is 1.82. The van der Waals surface area contributed by atoms with Crippen molar-refractivity contribution in [1.29, 1.82) is 0 Å². The van der Waals surface area contributed by atoms with Gasteiger partial charge in [0.15, 0.2) is 0 Å². The smallest absolute Gasteiger partial charge is 0.229 e. The molecule has 0 aromatic rings. The molecule has 0 aliphatic carbocycles. The van der Waals surface area contributed by atoms with Crippen LogP contribution in [0.15, 0.2) is 17.3 Å². The van der Waals surface area contributed by atoms with Gasteiger partial charge in [-0.15, -0.1) is 0 Å². The van der Waals surface area contributed by atoms with E-state index in [1.165, 1.54) is 0 Å². The van der Waals surface area contributed by atoms with E-state index < -0.39 is 27.3 Å². The van der Waals surface area contributed by atoms with E-state index >= 15 is 0 Å². The fourth-order valence-corrected chi connectivity index (χ4v) is 1.03. The quantitative estimate of drug-likeness (QED) is 0.501. The van der Waals surface area contributed by atoms with Gasteiger partial charge >= 0.3 is 0 Å². The second-order valence-electron chi connectivity index (χ2n) is 1.77. The van der Waals surface area contributed by atoms with Crippen molar-refractivity contribution in [2.45, 2.75) is 6.17 Å². The second-order valence-corrected chi connectivity index (χ2v) is 2.71. The van der Waals surface area contributed by atoms with Gasteiger partial charge in [0, 0.05) is 6.20 Å². The second kappa shape index (κ2) is 2.91. The van der Waals surface area contributed by atoms with Crippen molar-refractivity contribution in [3.63, 3.8) is 0 Å². The Kier molecular flexibility index (Phi) is 2.13. The Morgan fingerprint density at radius 3 is 2.64 bits per heavy atom. The SMILES string of the molecule is O=S(=O)=C1C=CN=C(F)C1F. The van der Waals surface area contributed by atoms with Crippen LogP contribution < -0.4 is 0 Å². The van der Waals surface area contributed by atoms with Gasteiger partial charge in [-0.05, 0) is 6.08 Å². The molecule has 1 aliphatic heterocycles. The Morgan fingerprint density at radius 1 is 1.55 bits per heavy atom. The van der Waals surface area contributed by atoms with Gasteiger partial charge < -0.3 is 0 Å². The first kappa shape index (κ1) is 8.06. The first-order chi connectivity index (χ1) is 5.13. The van der Waals surface area contributed by atoms with Crippen molar-refractivity contribution in [3.8, 4) is 0 Å². The molecule has 0 fully saturated rings. The maximum absolute atomic E-state index is 12.5. The van der Waals surface area contributed by atoms with Gasteiger partial charge in [-0.2, -0.15) is 12.8 Å². The van der Waals surface area contributed by atoms with Crippen LogP contribution in [0.2, 0.25) is 0 Å². The molecule has 1 atom stereocenters. The summed E-state index contributed by atoms with van der Waals surface area (Å²) in [5.41, 5.74) is 0. The highest BCUT2D eigenvalue weighted by atomic mass is 32.2. The van der Waals surface area contributed by atoms with Crippen molar-refractivity contribution in [2.75, 3.05) is 0 Å². The van der Waals surface area contributed by atoms with E-state index in [0.717, 1.165) is 12.3 Å². The largest absolute Gasteiger partial charge is 0.231 e. The van der Waals surface area contributed by atoms with E-state index in [-0.39, 0.29) is 0 Å². The number of aliphatic imine (C=N–C) groups is 1. The van der Waals surface area contributed by atoms with Gasteiger partial charge in [-0.3, -0.25) is 0 Å². The minimum atomic E-state index is -2.72. The average Bonchev–Trinajstić information content (AvgIpc) is 1.94. The zero-order valence-electron chi connectivity index (χ0n) is 5.16. The molecule has 0 saturated carbocycles. The fraction of sp³-hybridized carbons (Fsp3) is 0.200. The van der Waals surface area contributed by atoms with E-state index in [1.54, 1.807) is 0 Å². The topological polar surface area (TPSA) is 46.5 Å². The van der Waals surface area contributed by atoms with E-state index in [9.17, 15) is 17.2 Å². The highest BCUT2D eigenvalue weighted by Crippen LogP contribution is 2.06. The zero-order valence-corrected chi connectivity index (χ0v) is 5.98. The first-order valence-corrected chi connectivity index (χ1v) is 3.70. The summed E-state index contributed by atoms with van der Waals surface area (Å²) >= 11 is 0. The van der Waals surface area contributed by atoms with Crippen molar-refractivity contribution < 1.29 is 17.2 Å². The first-order valence-electron chi connectivity index (χ1n) is 2.63. The summed E-state index contributed by atoms with van der Waals surface area (Å²) in [4.78, 5) is 2.32. The van der Waals surface area contributed by atoms with Gasteiger partial charge in [0.25, 0.3) is 0 Å². The molecule has 3 nitrogen and oxygen atoms in total. The molecule has 0 spiro atoms. The monoisotopic (exact) mass is 179 g/mol. The molecule has 6 heteroatoms. The highest BCUT2D eigenvalue weighted by molar-refractivity contribution is 7.73. The Bertz CT molecular complexity index is 347. The number of hydrogen-bond acceptors (Lipinski definition) is 3.